The van der Waals surface area contributed by atoms with Gasteiger partial charge in [-0.3, -0.25) is 9.52 Å². The first kappa shape index (κ1) is 30.7. The summed E-state index contributed by atoms with van der Waals surface area (Å²) in [5.74, 6) is 0.522. The van der Waals surface area contributed by atoms with Crippen molar-refractivity contribution >= 4 is 35.3 Å². The Morgan fingerprint density at radius 2 is 2.05 bits per heavy atom. The number of ether oxygens (including phenoxy) is 1. The molecule has 2 N–H and O–H groups in total. The van der Waals surface area contributed by atoms with E-state index >= 15 is 4.39 Å². The van der Waals surface area contributed by atoms with Crippen LogP contribution in [-0.2, 0) is 6.42 Å². The van der Waals surface area contributed by atoms with Gasteiger partial charge in [0.05, 0.1) is 17.7 Å². The largest absolute Gasteiger partial charge is 0.489 e. The van der Waals surface area contributed by atoms with Crippen LogP contribution >= 0.6 is 23.5 Å². The monoisotopic (exact) mass is 589 g/mol. The van der Waals surface area contributed by atoms with Crippen LogP contribution in [-0.4, -0.2) is 47.0 Å². The highest BCUT2D eigenvalue weighted by Crippen LogP contribution is 2.37. The zero-order chi connectivity index (χ0) is 28.8. The quantitative estimate of drug-likeness (QED) is 0.293. The molecule has 218 valence electrons. The van der Waals surface area contributed by atoms with Crippen molar-refractivity contribution in [2.45, 2.75) is 83.5 Å². The standard InChI is InChI=1S/C31H41ClFN3O3S/c1-5-8-24-23(11-12-25(32)28(24)33)22-17-36-16-15-21(6-2)29(37)19(3)9-7-10-20(4)40-35-31(38)26-13-14-27(39-18-22)30(36)34-26/h9,11-14,20-22,29,37H,5-8,10,15-18H2,1-4H3,(H,35,38)/b19-9+. The average molecular weight is 590 g/mol. The maximum atomic E-state index is 15.2. The first-order chi connectivity index (χ1) is 19.2. The van der Waals surface area contributed by atoms with Crippen LogP contribution in [0.25, 0.3) is 0 Å². The number of rotatable bonds is 4. The van der Waals surface area contributed by atoms with Gasteiger partial charge >= 0.3 is 0 Å². The van der Waals surface area contributed by atoms with Gasteiger partial charge in [0.25, 0.3) is 5.91 Å². The summed E-state index contributed by atoms with van der Waals surface area (Å²) in [6.07, 6.45) is 6.26. The third-order valence-electron chi connectivity index (χ3n) is 8.02. The van der Waals surface area contributed by atoms with Crippen LogP contribution < -0.4 is 14.4 Å². The summed E-state index contributed by atoms with van der Waals surface area (Å²) in [5, 5.41) is 11.5. The van der Waals surface area contributed by atoms with Gasteiger partial charge in [-0.25, -0.2) is 9.37 Å². The lowest BCUT2D eigenvalue weighted by molar-refractivity contribution is 0.0979. The second kappa shape index (κ2) is 14.1. The second-order valence-corrected chi connectivity index (χ2v) is 12.6. The third-order valence-corrected chi connectivity index (χ3v) is 9.26. The van der Waals surface area contributed by atoms with E-state index in [-0.39, 0.29) is 33.8 Å². The van der Waals surface area contributed by atoms with Crippen molar-refractivity contribution in [2.24, 2.45) is 5.92 Å². The molecule has 4 atom stereocenters. The van der Waals surface area contributed by atoms with Gasteiger partial charge in [0.2, 0.25) is 0 Å². The molecule has 0 saturated heterocycles. The SMILES string of the molecule is CCCc1c(C2COc3ccc4nc3N(CCC(CC)C(O)/C(C)=C/CCC(C)SNC4=O)C2)ccc(Cl)c1F. The van der Waals surface area contributed by atoms with Crippen LogP contribution in [0.5, 0.6) is 5.75 Å². The molecule has 0 radical (unpaired) electrons. The van der Waals surface area contributed by atoms with Gasteiger partial charge in [0.15, 0.2) is 11.6 Å². The molecule has 2 aliphatic rings. The van der Waals surface area contributed by atoms with Gasteiger partial charge in [0, 0.05) is 24.3 Å². The van der Waals surface area contributed by atoms with Crippen molar-refractivity contribution in [3.63, 3.8) is 0 Å². The Morgan fingerprint density at radius 1 is 1.25 bits per heavy atom. The minimum Gasteiger partial charge on any atom is -0.489 e. The molecule has 0 fully saturated rings. The molecule has 0 aliphatic carbocycles. The Labute approximate surface area is 246 Å². The second-order valence-electron chi connectivity index (χ2n) is 10.9. The molecular weight excluding hydrogens is 549 g/mol. The highest BCUT2D eigenvalue weighted by atomic mass is 35.5. The molecule has 3 heterocycles. The van der Waals surface area contributed by atoms with Gasteiger partial charge in [-0.05, 0) is 85.4 Å². The van der Waals surface area contributed by atoms with Crippen LogP contribution in [0.3, 0.4) is 0 Å². The molecule has 9 heteroatoms. The van der Waals surface area contributed by atoms with Gasteiger partial charge in [-0.15, -0.1) is 0 Å². The van der Waals surface area contributed by atoms with E-state index in [1.54, 1.807) is 18.2 Å². The number of benzene rings is 1. The van der Waals surface area contributed by atoms with E-state index < -0.39 is 6.10 Å². The number of pyridine rings is 1. The molecule has 0 spiro atoms. The summed E-state index contributed by atoms with van der Waals surface area (Å²) in [6, 6.07) is 7.03. The van der Waals surface area contributed by atoms with E-state index in [9.17, 15) is 9.90 Å². The normalized spacial score (nSPS) is 25.8. The van der Waals surface area contributed by atoms with Crippen molar-refractivity contribution in [3.8, 4) is 5.75 Å². The zero-order valence-corrected chi connectivity index (χ0v) is 25.5. The topological polar surface area (TPSA) is 74.7 Å². The maximum Gasteiger partial charge on any atom is 0.279 e. The van der Waals surface area contributed by atoms with E-state index in [4.69, 9.17) is 21.3 Å². The molecule has 2 bridgehead atoms. The van der Waals surface area contributed by atoms with Crippen molar-refractivity contribution < 1.29 is 19.0 Å². The average Bonchev–Trinajstić information content (AvgIpc) is 3.13. The number of fused-ring (bicyclic) bond motifs is 1. The molecule has 1 aromatic heterocycles. The number of aliphatic hydroxyl groups excluding tert-OH is 1. The van der Waals surface area contributed by atoms with Crippen molar-refractivity contribution in [1.82, 2.24) is 9.71 Å². The molecular formula is C31H41ClFN3O3S. The first-order valence-corrected chi connectivity index (χ1v) is 15.6. The van der Waals surface area contributed by atoms with E-state index in [1.807, 2.05) is 19.9 Å². The molecule has 2 aromatic rings. The number of carbonyl (C=O) groups excluding carboxylic acids is 1. The lowest BCUT2D eigenvalue weighted by Gasteiger charge is -2.30. The number of carbonyl (C=O) groups is 1. The maximum absolute atomic E-state index is 15.2. The Hall–Kier alpha value is -2.29. The summed E-state index contributed by atoms with van der Waals surface area (Å²) < 4.78 is 24.4. The number of aromatic nitrogens is 1. The van der Waals surface area contributed by atoms with E-state index in [2.05, 4.69) is 29.5 Å². The van der Waals surface area contributed by atoms with E-state index in [1.165, 1.54) is 11.9 Å². The van der Waals surface area contributed by atoms with Gasteiger partial charge in [-0.2, -0.15) is 0 Å². The predicted octanol–water partition coefficient (Wildman–Crippen LogP) is 7.09. The fraction of sp³-hybridized carbons (Fsp3) is 0.548. The van der Waals surface area contributed by atoms with E-state index in [0.29, 0.717) is 48.9 Å². The van der Waals surface area contributed by atoms with Gasteiger partial charge in [0.1, 0.15) is 11.5 Å². The van der Waals surface area contributed by atoms with Gasteiger partial charge < -0.3 is 14.7 Å². The number of amides is 1. The number of hydrogen-bond acceptors (Lipinski definition) is 6. The molecule has 4 unspecified atom stereocenters. The van der Waals surface area contributed by atoms with Crippen LogP contribution in [0.2, 0.25) is 5.02 Å². The number of nitrogens with one attached hydrogen (secondary N) is 1. The lowest BCUT2D eigenvalue weighted by atomic mass is 9.89. The smallest absolute Gasteiger partial charge is 0.279 e. The fourth-order valence-corrected chi connectivity index (χ4v) is 6.43. The highest BCUT2D eigenvalue weighted by molar-refractivity contribution is 7.98. The molecule has 6 nitrogen and oxygen atoms in total. The Kier molecular flexibility index (Phi) is 10.8. The Bertz CT molecular complexity index is 1230. The van der Waals surface area contributed by atoms with Crippen LogP contribution in [0.4, 0.5) is 10.2 Å². The van der Waals surface area contributed by atoms with E-state index in [0.717, 1.165) is 43.2 Å². The molecule has 40 heavy (non-hydrogen) atoms. The first-order valence-electron chi connectivity index (χ1n) is 14.4. The van der Waals surface area contributed by atoms with Crippen molar-refractivity contribution in [1.29, 1.82) is 0 Å². The summed E-state index contributed by atoms with van der Waals surface area (Å²) >= 11 is 7.55. The molecule has 0 saturated carbocycles. The summed E-state index contributed by atoms with van der Waals surface area (Å²) in [4.78, 5) is 20.0. The number of anilines is 1. The minimum absolute atomic E-state index is 0.0668. The van der Waals surface area contributed by atoms with Crippen molar-refractivity contribution in [3.05, 3.63) is 63.6 Å². The molecule has 1 amide bonds. The number of hydrogen-bond donors (Lipinski definition) is 2. The number of halogens is 2. The zero-order valence-electron chi connectivity index (χ0n) is 23.9. The summed E-state index contributed by atoms with van der Waals surface area (Å²) in [6.45, 7) is 9.71. The molecule has 1 aromatic carbocycles. The van der Waals surface area contributed by atoms with Crippen LogP contribution in [0.15, 0.2) is 35.9 Å². The fourth-order valence-electron chi connectivity index (χ4n) is 5.59. The van der Waals surface area contributed by atoms with Crippen molar-refractivity contribution in [2.75, 3.05) is 24.6 Å². The summed E-state index contributed by atoms with van der Waals surface area (Å²) in [7, 11) is 0. The lowest BCUT2D eigenvalue weighted by Crippen LogP contribution is -2.34. The van der Waals surface area contributed by atoms with Crippen LogP contribution in [0.1, 0.15) is 87.3 Å². The van der Waals surface area contributed by atoms with Gasteiger partial charge in [-0.1, -0.05) is 57.4 Å². The minimum atomic E-state index is -0.528. The number of aliphatic hydroxyl groups is 1. The Balaban J connectivity index is 1.73. The predicted molar refractivity (Wildman–Crippen MR) is 162 cm³/mol. The molecule has 4 rings (SSSR count). The molecule has 2 aliphatic heterocycles. The summed E-state index contributed by atoms with van der Waals surface area (Å²) in [5.41, 5.74) is 2.83. The number of allylic oxidation sites excluding steroid dienone is 1. The number of nitrogens with zero attached hydrogens (tertiary/aromatic N) is 2. The Morgan fingerprint density at radius 3 is 2.80 bits per heavy atom. The third kappa shape index (κ3) is 7.12. The highest BCUT2D eigenvalue weighted by Gasteiger charge is 2.30. The van der Waals surface area contributed by atoms with Crippen LogP contribution in [0, 0.1) is 11.7 Å².